The molecule has 2 aromatic rings. The zero-order valence-electron chi connectivity index (χ0n) is 14.2. The van der Waals surface area contributed by atoms with Gasteiger partial charge >= 0.3 is 5.97 Å². The van der Waals surface area contributed by atoms with E-state index in [-0.39, 0.29) is 18.9 Å². The number of rotatable bonds is 7. The Morgan fingerprint density at radius 1 is 1.28 bits per heavy atom. The number of carbonyl (C=O) groups excluding carboxylic acids is 2. The maximum Gasteiger partial charge on any atom is 0.331 e. The van der Waals surface area contributed by atoms with Crippen LogP contribution in [-0.4, -0.2) is 16.9 Å². The maximum atomic E-state index is 12.1. The Morgan fingerprint density at radius 3 is 2.84 bits per heavy atom. The number of aromatic nitrogens is 1. The van der Waals surface area contributed by atoms with Gasteiger partial charge in [0.05, 0.1) is 12.1 Å². The minimum atomic E-state index is -0.426. The molecule has 0 unspecified atom stereocenters. The molecule has 1 aromatic heterocycles. The van der Waals surface area contributed by atoms with Crippen molar-refractivity contribution in [3.05, 3.63) is 70.2 Å². The van der Waals surface area contributed by atoms with Gasteiger partial charge in [-0.3, -0.25) is 4.79 Å². The number of hydrogen-bond donors (Lipinski definition) is 1. The van der Waals surface area contributed by atoms with Gasteiger partial charge in [0.15, 0.2) is 0 Å². The first-order valence-corrected chi connectivity index (χ1v) is 8.71. The Bertz CT molecular complexity index is 793. The summed E-state index contributed by atoms with van der Waals surface area (Å²) in [6.45, 7) is 3.90. The molecular formula is C19H20N2O3S. The number of ether oxygens (including phenoxy) is 1. The summed E-state index contributed by atoms with van der Waals surface area (Å²) in [4.78, 5) is 27.9. The number of thiazole rings is 1. The molecule has 2 rings (SSSR count). The minimum Gasteiger partial charge on any atom is -0.456 e. The second-order valence-corrected chi connectivity index (χ2v) is 6.21. The van der Waals surface area contributed by atoms with Crippen LogP contribution in [0.3, 0.4) is 0 Å². The smallest absolute Gasteiger partial charge is 0.331 e. The molecule has 1 heterocycles. The molecule has 1 N–H and O–H groups in total. The molecule has 0 aliphatic rings. The molecule has 6 heteroatoms. The summed E-state index contributed by atoms with van der Waals surface area (Å²) in [5.41, 5.74) is 2.44. The second kappa shape index (κ2) is 9.54. The molecule has 0 spiro atoms. The predicted octanol–water partition coefficient (Wildman–Crippen LogP) is 3.81. The molecule has 25 heavy (non-hydrogen) atoms. The van der Waals surface area contributed by atoms with Crippen LogP contribution in [0.2, 0.25) is 0 Å². The molecule has 0 saturated heterocycles. The van der Waals surface area contributed by atoms with Crippen LogP contribution in [-0.2, 0) is 27.4 Å². The quantitative estimate of drug-likeness (QED) is 0.465. The molecule has 0 radical (unpaired) electrons. The summed E-state index contributed by atoms with van der Waals surface area (Å²) < 4.78 is 5.09. The zero-order chi connectivity index (χ0) is 18.1. The number of nitrogens with zero attached hydrogens (tertiary/aromatic N) is 1. The normalized spacial score (nSPS) is 11.1. The van der Waals surface area contributed by atoms with Crippen molar-refractivity contribution in [1.29, 1.82) is 0 Å². The van der Waals surface area contributed by atoms with E-state index < -0.39 is 5.97 Å². The Kier molecular flexibility index (Phi) is 7.10. The largest absolute Gasteiger partial charge is 0.456 e. The first-order chi connectivity index (χ1) is 12.1. The van der Waals surface area contributed by atoms with Crippen molar-refractivity contribution >= 4 is 28.9 Å². The van der Waals surface area contributed by atoms with Crippen LogP contribution < -0.4 is 5.32 Å². The van der Waals surface area contributed by atoms with E-state index >= 15 is 0 Å². The van der Waals surface area contributed by atoms with Crippen molar-refractivity contribution in [1.82, 2.24) is 4.98 Å². The molecule has 0 fully saturated rings. The van der Waals surface area contributed by atoms with Gasteiger partial charge in [0.2, 0.25) is 5.91 Å². The van der Waals surface area contributed by atoms with Crippen molar-refractivity contribution in [2.24, 2.45) is 0 Å². The molecule has 0 atom stereocenters. The van der Waals surface area contributed by atoms with Gasteiger partial charge in [-0.2, -0.15) is 0 Å². The van der Waals surface area contributed by atoms with Crippen LogP contribution in [0, 0.1) is 6.92 Å². The van der Waals surface area contributed by atoms with Crippen molar-refractivity contribution in [2.75, 3.05) is 5.32 Å². The average molecular weight is 356 g/mol. The van der Waals surface area contributed by atoms with Crippen LogP contribution in [0.5, 0.6) is 0 Å². The SMILES string of the molecule is C/C=C/C=C/C(=O)OCc1csc(CC(=O)Nc2ccccc2C)n1. The number of esters is 1. The summed E-state index contributed by atoms with van der Waals surface area (Å²) in [5, 5.41) is 5.35. The molecule has 0 aliphatic carbocycles. The Morgan fingerprint density at radius 2 is 2.08 bits per heavy atom. The van der Waals surface area contributed by atoms with Crippen LogP contribution >= 0.6 is 11.3 Å². The highest BCUT2D eigenvalue weighted by Gasteiger charge is 2.10. The van der Waals surface area contributed by atoms with Gasteiger partial charge in [0.25, 0.3) is 0 Å². The van der Waals surface area contributed by atoms with Crippen LogP contribution in [0.15, 0.2) is 53.9 Å². The lowest BCUT2D eigenvalue weighted by atomic mass is 10.2. The lowest BCUT2D eigenvalue weighted by Crippen LogP contribution is -2.15. The van der Waals surface area contributed by atoms with Gasteiger partial charge in [-0.15, -0.1) is 11.3 Å². The first-order valence-electron chi connectivity index (χ1n) is 7.83. The number of para-hydroxylation sites is 1. The number of nitrogens with one attached hydrogen (secondary N) is 1. The number of allylic oxidation sites excluding steroid dienone is 3. The number of anilines is 1. The fraction of sp³-hybridized carbons (Fsp3) is 0.211. The maximum absolute atomic E-state index is 12.1. The van der Waals surface area contributed by atoms with Gasteiger partial charge in [0.1, 0.15) is 11.6 Å². The summed E-state index contributed by atoms with van der Waals surface area (Å²) in [5.74, 6) is -0.550. The standard InChI is InChI=1S/C19H20N2O3S/c1-3-4-5-10-19(23)24-12-15-13-25-18(20-15)11-17(22)21-16-9-7-6-8-14(16)2/h3-10,13H,11-12H2,1-2H3,(H,21,22)/b4-3+,10-5+. The van der Waals surface area contributed by atoms with E-state index in [0.29, 0.717) is 10.7 Å². The second-order valence-electron chi connectivity index (χ2n) is 5.27. The van der Waals surface area contributed by atoms with E-state index in [4.69, 9.17) is 4.74 Å². The molecule has 0 bridgehead atoms. The van der Waals surface area contributed by atoms with E-state index in [1.165, 1.54) is 17.4 Å². The highest BCUT2D eigenvalue weighted by atomic mass is 32.1. The third-order valence-electron chi connectivity index (χ3n) is 3.23. The van der Waals surface area contributed by atoms with Crippen molar-refractivity contribution in [3.8, 4) is 0 Å². The topological polar surface area (TPSA) is 68.3 Å². The van der Waals surface area contributed by atoms with Gasteiger partial charge < -0.3 is 10.1 Å². The Balaban J connectivity index is 1.83. The fourth-order valence-electron chi connectivity index (χ4n) is 1.98. The zero-order valence-corrected chi connectivity index (χ0v) is 15.0. The lowest BCUT2D eigenvalue weighted by molar-refractivity contribution is -0.139. The first kappa shape index (κ1) is 18.6. The third-order valence-corrected chi connectivity index (χ3v) is 4.13. The highest BCUT2D eigenvalue weighted by molar-refractivity contribution is 7.09. The van der Waals surface area contributed by atoms with E-state index in [1.54, 1.807) is 17.5 Å². The predicted molar refractivity (Wildman–Crippen MR) is 99.4 cm³/mol. The van der Waals surface area contributed by atoms with E-state index in [1.807, 2.05) is 44.2 Å². The van der Waals surface area contributed by atoms with E-state index in [9.17, 15) is 9.59 Å². The van der Waals surface area contributed by atoms with E-state index in [0.717, 1.165) is 11.3 Å². The summed E-state index contributed by atoms with van der Waals surface area (Å²) >= 11 is 1.37. The van der Waals surface area contributed by atoms with E-state index in [2.05, 4.69) is 10.3 Å². The third kappa shape index (κ3) is 6.35. The molecule has 0 aliphatic heterocycles. The van der Waals surface area contributed by atoms with Crippen molar-refractivity contribution in [3.63, 3.8) is 0 Å². The number of hydrogen-bond acceptors (Lipinski definition) is 5. The number of aryl methyl sites for hydroxylation is 1. The highest BCUT2D eigenvalue weighted by Crippen LogP contribution is 2.15. The van der Waals surface area contributed by atoms with Crippen LogP contribution in [0.25, 0.3) is 0 Å². The van der Waals surface area contributed by atoms with Gasteiger partial charge in [-0.25, -0.2) is 9.78 Å². The summed E-state index contributed by atoms with van der Waals surface area (Å²) in [6.07, 6.45) is 6.72. The molecular weight excluding hydrogens is 336 g/mol. The van der Waals surface area contributed by atoms with Crippen LogP contribution in [0.4, 0.5) is 5.69 Å². The summed E-state index contributed by atoms with van der Waals surface area (Å²) in [7, 11) is 0. The average Bonchev–Trinajstić information content (AvgIpc) is 3.02. The molecule has 1 amide bonds. The summed E-state index contributed by atoms with van der Waals surface area (Å²) in [6, 6.07) is 7.60. The monoisotopic (exact) mass is 356 g/mol. The number of carbonyl (C=O) groups is 2. The number of benzene rings is 1. The molecule has 1 aromatic carbocycles. The van der Waals surface area contributed by atoms with Crippen molar-refractivity contribution < 1.29 is 14.3 Å². The van der Waals surface area contributed by atoms with Crippen molar-refractivity contribution in [2.45, 2.75) is 26.9 Å². The Labute approximate surface area is 151 Å². The molecule has 130 valence electrons. The van der Waals surface area contributed by atoms with Crippen LogP contribution in [0.1, 0.15) is 23.2 Å². The lowest BCUT2D eigenvalue weighted by Gasteiger charge is -2.06. The Hall–Kier alpha value is -2.73. The van der Waals surface area contributed by atoms with Gasteiger partial charge in [-0.05, 0) is 25.5 Å². The molecule has 5 nitrogen and oxygen atoms in total. The van der Waals surface area contributed by atoms with Gasteiger partial charge in [-0.1, -0.05) is 36.4 Å². The van der Waals surface area contributed by atoms with Gasteiger partial charge in [0, 0.05) is 17.1 Å². The fourth-order valence-corrected chi connectivity index (χ4v) is 2.76. The molecule has 0 saturated carbocycles. The minimum absolute atomic E-state index is 0.0922. The number of amides is 1.